The van der Waals surface area contributed by atoms with Gasteiger partial charge in [0.25, 0.3) is 6.20 Å². The Morgan fingerprint density at radius 3 is 2.30 bits per heavy atom. The van der Waals surface area contributed by atoms with Crippen molar-refractivity contribution in [1.82, 2.24) is 5.27 Å². The number of hydrogen-bond acceptors (Lipinski definition) is 4. The Hall–Kier alpha value is -3.89. The molecule has 0 saturated heterocycles. The normalized spacial score (nSPS) is 11.1. The molecule has 156 valence electrons. The molecule has 8 nitrogen and oxygen atoms in total. The van der Waals surface area contributed by atoms with Crippen LogP contribution in [0.1, 0.15) is 11.1 Å². The Labute approximate surface area is 168 Å². The summed E-state index contributed by atoms with van der Waals surface area (Å²) in [5.41, 5.74) is -0.588. The minimum Gasteiger partial charge on any atom is -0.326 e. The van der Waals surface area contributed by atoms with Crippen molar-refractivity contribution in [3.05, 3.63) is 65.9 Å². The van der Waals surface area contributed by atoms with Gasteiger partial charge in [0.1, 0.15) is 0 Å². The molecule has 0 saturated carbocycles. The van der Waals surface area contributed by atoms with Gasteiger partial charge < -0.3 is 10.6 Å². The fraction of sp³-hybridized carbons (Fsp3) is 0.158. The van der Waals surface area contributed by atoms with Crippen molar-refractivity contribution in [3.8, 4) is 0 Å². The highest BCUT2D eigenvalue weighted by Gasteiger charge is 2.31. The fourth-order valence-electron chi connectivity index (χ4n) is 2.58. The van der Waals surface area contributed by atoms with Gasteiger partial charge in [-0.05, 0) is 23.8 Å². The van der Waals surface area contributed by atoms with Crippen molar-refractivity contribution in [3.63, 3.8) is 0 Å². The largest absolute Gasteiger partial charge is 0.416 e. The number of rotatable bonds is 5. The van der Waals surface area contributed by atoms with Gasteiger partial charge in [0.05, 0.1) is 12.0 Å². The van der Waals surface area contributed by atoms with E-state index in [9.17, 15) is 22.8 Å². The minimum atomic E-state index is -4.67. The van der Waals surface area contributed by atoms with E-state index in [2.05, 4.69) is 21.2 Å². The molecule has 0 bridgehead atoms. The third kappa shape index (κ3) is 5.80. The summed E-state index contributed by atoms with van der Waals surface area (Å²) < 4.78 is 45.8. The quantitative estimate of drug-likeness (QED) is 0.551. The zero-order chi connectivity index (χ0) is 21.7. The summed E-state index contributed by atoms with van der Waals surface area (Å²) >= 11 is 0. The molecular weight excluding hydrogens is 403 g/mol. The van der Waals surface area contributed by atoms with E-state index in [4.69, 9.17) is 4.52 Å². The average Bonchev–Trinajstić information content (AvgIpc) is 3.06. The third-order valence-electron chi connectivity index (χ3n) is 3.82. The molecule has 1 heterocycles. The maximum atomic E-state index is 13.3. The molecule has 0 aliphatic rings. The molecule has 0 aliphatic carbocycles. The second-order valence-corrected chi connectivity index (χ2v) is 6.33. The third-order valence-corrected chi connectivity index (χ3v) is 3.82. The van der Waals surface area contributed by atoms with Gasteiger partial charge in [-0.2, -0.15) is 13.2 Å². The predicted octanol–water partition coefficient (Wildman–Crippen LogP) is 3.34. The van der Waals surface area contributed by atoms with Gasteiger partial charge in [-0.3, -0.25) is 14.6 Å². The molecule has 11 heteroatoms. The van der Waals surface area contributed by atoms with Crippen LogP contribution in [0.15, 0.2) is 59.3 Å². The summed E-state index contributed by atoms with van der Waals surface area (Å²) in [5.74, 6) is -0.497. The molecular formula is C19H17F3N5O3+. The topological polar surface area (TPSA) is 100 Å². The summed E-state index contributed by atoms with van der Waals surface area (Å²) in [6.45, 7) is 0. The number of aromatic nitrogens is 2. The molecule has 3 rings (SSSR count). The molecule has 0 radical (unpaired) electrons. The van der Waals surface area contributed by atoms with Crippen LogP contribution in [0.2, 0.25) is 0 Å². The Morgan fingerprint density at radius 2 is 1.70 bits per heavy atom. The van der Waals surface area contributed by atoms with E-state index in [1.165, 1.54) is 16.9 Å². The highest BCUT2D eigenvalue weighted by molar-refractivity contribution is 6.00. The Morgan fingerprint density at radius 1 is 1.03 bits per heavy atom. The monoisotopic (exact) mass is 420 g/mol. The molecule has 3 aromatic rings. The number of amides is 3. The lowest BCUT2D eigenvalue weighted by Gasteiger charge is -2.14. The van der Waals surface area contributed by atoms with Crippen LogP contribution in [0.5, 0.6) is 0 Å². The van der Waals surface area contributed by atoms with Gasteiger partial charge >= 0.3 is 18.1 Å². The second-order valence-electron chi connectivity index (χ2n) is 6.33. The molecule has 0 unspecified atom stereocenters. The van der Waals surface area contributed by atoms with Crippen molar-refractivity contribution in [1.29, 1.82) is 0 Å². The molecule has 0 fully saturated rings. The van der Waals surface area contributed by atoms with Crippen LogP contribution in [0.3, 0.4) is 0 Å². The molecule has 2 aromatic carbocycles. The van der Waals surface area contributed by atoms with E-state index in [1.807, 2.05) is 0 Å². The number of nitrogens with one attached hydrogen (secondary N) is 3. The van der Waals surface area contributed by atoms with Crippen LogP contribution in [-0.2, 0) is 24.4 Å². The molecule has 3 N–H and O–H groups in total. The van der Waals surface area contributed by atoms with Gasteiger partial charge in [0.15, 0.2) is 12.3 Å². The summed E-state index contributed by atoms with van der Waals surface area (Å²) in [5, 5.41) is 10.5. The number of halogens is 3. The Balaban J connectivity index is 1.76. The van der Waals surface area contributed by atoms with E-state index in [1.54, 1.807) is 37.4 Å². The number of alkyl halides is 3. The van der Waals surface area contributed by atoms with Crippen LogP contribution in [0.4, 0.5) is 35.2 Å². The number of benzene rings is 2. The van der Waals surface area contributed by atoms with Crippen molar-refractivity contribution < 1.29 is 32.0 Å². The minimum absolute atomic E-state index is 0.00152. The number of carbonyl (C=O) groups excluding carboxylic acids is 2. The Bertz CT molecular complexity index is 1050. The van der Waals surface area contributed by atoms with E-state index in [-0.39, 0.29) is 23.7 Å². The number of anilines is 3. The maximum absolute atomic E-state index is 13.3. The summed E-state index contributed by atoms with van der Waals surface area (Å²) in [6.07, 6.45) is -3.32. The van der Waals surface area contributed by atoms with Crippen LogP contribution >= 0.6 is 0 Å². The first-order chi connectivity index (χ1) is 14.2. The summed E-state index contributed by atoms with van der Waals surface area (Å²) in [6, 6.07) is 10.7. The Kier molecular flexibility index (Phi) is 6.00. The molecule has 0 atom stereocenters. The molecule has 0 aliphatic heterocycles. The lowest BCUT2D eigenvalue weighted by Crippen LogP contribution is -2.28. The molecule has 3 amide bonds. The number of urea groups is 1. The molecule has 1 aromatic heterocycles. The van der Waals surface area contributed by atoms with Crippen LogP contribution in [0, 0.1) is 0 Å². The van der Waals surface area contributed by atoms with Crippen LogP contribution in [0.25, 0.3) is 0 Å². The van der Waals surface area contributed by atoms with Crippen LogP contribution < -0.4 is 20.6 Å². The predicted molar refractivity (Wildman–Crippen MR) is 101 cm³/mol. The summed E-state index contributed by atoms with van der Waals surface area (Å²) in [4.78, 5) is 24.2. The lowest BCUT2D eigenvalue weighted by atomic mass is 10.1. The van der Waals surface area contributed by atoms with Crippen molar-refractivity contribution in [2.75, 3.05) is 16.0 Å². The number of carbonyl (C=O) groups is 2. The van der Waals surface area contributed by atoms with Crippen molar-refractivity contribution in [2.24, 2.45) is 7.05 Å². The smallest absolute Gasteiger partial charge is 0.326 e. The second kappa shape index (κ2) is 8.64. The number of nitrogens with zero attached hydrogens (tertiary/aromatic N) is 2. The van der Waals surface area contributed by atoms with Gasteiger partial charge in [-0.1, -0.05) is 35.0 Å². The van der Waals surface area contributed by atoms with Crippen molar-refractivity contribution >= 4 is 29.2 Å². The maximum Gasteiger partial charge on any atom is 0.416 e. The van der Waals surface area contributed by atoms with Gasteiger partial charge in [-0.25, -0.2) is 4.79 Å². The van der Waals surface area contributed by atoms with E-state index < -0.39 is 23.7 Å². The van der Waals surface area contributed by atoms with Gasteiger partial charge in [0.2, 0.25) is 5.91 Å². The van der Waals surface area contributed by atoms with Gasteiger partial charge in [0, 0.05) is 11.4 Å². The number of aryl methyl sites for hydroxylation is 1. The SMILES string of the molecule is C[n+]1cc(NC(=O)Nc2cc(NC(=O)Cc3ccccc3)cc(C(F)(F)F)c2)on1. The van der Waals surface area contributed by atoms with E-state index in [0.29, 0.717) is 5.56 Å². The first kappa shape index (κ1) is 20.8. The molecule has 30 heavy (non-hydrogen) atoms. The van der Waals surface area contributed by atoms with E-state index in [0.717, 1.165) is 12.1 Å². The van der Waals surface area contributed by atoms with Crippen molar-refractivity contribution in [2.45, 2.75) is 12.6 Å². The summed E-state index contributed by atoms with van der Waals surface area (Å²) in [7, 11) is 1.56. The van der Waals surface area contributed by atoms with Gasteiger partial charge in [-0.15, -0.1) is 0 Å². The first-order valence-corrected chi connectivity index (χ1v) is 8.66. The molecule has 0 spiro atoms. The fourth-order valence-corrected chi connectivity index (χ4v) is 2.58. The lowest BCUT2D eigenvalue weighted by molar-refractivity contribution is -0.739. The average molecular weight is 420 g/mol. The highest BCUT2D eigenvalue weighted by Crippen LogP contribution is 2.33. The van der Waals surface area contributed by atoms with Crippen LogP contribution in [-0.4, -0.2) is 17.2 Å². The standard InChI is InChI=1S/C19H16F3N5O3/c1-27-11-17(30-26-27)25-18(29)24-15-9-13(19(20,21)22)8-14(10-15)23-16(28)7-12-5-3-2-4-6-12/h2-6,8-11H,7H2,1H3,(H2-,23,24,25,26,28,29)/p+1. The van der Waals surface area contributed by atoms with E-state index >= 15 is 0 Å². The highest BCUT2D eigenvalue weighted by atomic mass is 19.4. The number of hydrogen-bond donors (Lipinski definition) is 3. The zero-order valence-electron chi connectivity index (χ0n) is 15.7. The first-order valence-electron chi connectivity index (χ1n) is 8.66. The zero-order valence-corrected chi connectivity index (χ0v) is 15.7.